The van der Waals surface area contributed by atoms with Gasteiger partial charge in [-0.3, -0.25) is 0 Å². The predicted molar refractivity (Wildman–Crippen MR) is 77.6 cm³/mol. The van der Waals surface area contributed by atoms with E-state index in [0.29, 0.717) is 11.0 Å². The van der Waals surface area contributed by atoms with Gasteiger partial charge in [-0.15, -0.1) is 0 Å². The Labute approximate surface area is 119 Å². The molecule has 0 aliphatic carbocycles. The monoisotopic (exact) mass is 327 g/mol. The highest BCUT2D eigenvalue weighted by Crippen LogP contribution is 2.25. The van der Waals surface area contributed by atoms with Crippen LogP contribution in [-0.2, 0) is 6.54 Å². The average molecular weight is 329 g/mol. The molecule has 0 saturated carbocycles. The SMILES string of the molecule is Cc1c(Cl)cccc1NCc1cccc(F)c1Br. The third-order valence-electron chi connectivity index (χ3n) is 2.77. The van der Waals surface area contributed by atoms with Gasteiger partial charge in [-0.2, -0.15) is 0 Å². The molecule has 0 radical (unpaired) electrons. The molecule has 0 unspecified atom stereocenters. The van der Waals surface area contributed by atoms with Crippen LogP contribution in [0.5, 0.6) is 0 Å². The molecule has 0 aromatic heterocycles. The molecule has 0 aliphatic heterocycles. The number of benzene rings is 2. The molecule has 1 N–H and O–H groups in total. The van der Waals surface area contributed by atoms with E-state index in [4.69, 9.17) is 11.6 Å². The summed E-state index contributed by atoms with van der Waals surface area (Å²) in [6.45, 7) is 2.49. The average Bonchev–Trinajstić information content (AvgIpc) is 2.36. The van der Waals surface area contributed by atoms with Crippen LogP contribution in [-0.4, -0.2) is 0 Å². The molecular formula is C14H12BrClFN. The summed E-state index contributed by atoms with van der Waals surface area (Å²) < 4.78 is 13.9. The van der Waals surface area contributed by atoms with Crippen LogP contribution in [0.25, 0.3) is 0 Å². The van der Waals surface area contributed by atoms with Gasteiger partial charge in [0.25, 0.3) is 0 Å². The van der Waals surface area contributed by atoms with Gasteiger partial charge in [0.15, 0.2) is 0 Å². The maximum Gasteiger partial charge on any atom is 0.137 e. The summed E-state index contributed by atoms with van der Waals surface area (Å²) in [6, 6.07) is 10.7. The summed E-state index contributed by atoms with van der Waals surface area (Å²) in [4.78, 5) is 0. The molecular weight excluding hydrogens is 317 g/mol. The number of hydrogen-bond donors (Lipinski definition) is 1. The lowest BCUT2D eigenvalue weighted by atomic mass is 10.1. The standard InChI is InChI=1S/C14H12BrClFN/c1-9-11(16)5-3-7-13(9)18-8-10-4-2-6-12(17)14(10)15/h2-7,18H,8H2,1H3. The first-order valence-electron chi connectivity index (χ1n) is 5.51. The minimum Gasteiger partial charge on any atom is -0.381 e. The van der Waals surface area contributed by atoms with Crippen LogP contribution < -0.4 is 5.32 Å². The third-order valence-corrected chi connectivity index (χ3v) is 4.07. The predicted octanol–water partition coefficient (Wildman–Crippen LogP) is 5.16. The molecule has 0 fully saturated rings. The molecule has 2 rings (SSSR count). The van der Waals surface area contributed by atoms with Crippen LogP contribution in [0.1, 0.15) is 11.1 Å². The van der Waals surface area contributed by atoms with Crippen LogP contribution in [0.4, 0.5) is 10.1 Å². The van der Waals surface area contributed by atoms with Crippen LogP contribution in [0, 0.1) is 12.7 Å². The molecule has 0 bridgehead atoms. The molecule has 0 saturated heterocycles. The minimum absolute atomic E-state index is 0.253. The smallest absolute Gasteiger partial charge is 0.137 e. The molecule has 4 heteroatoms. The Morgan fingerprint density at radius 2 is 1.94 bits per heavy atom. The van der Waals surface area contributed by atoms with Gasteiger partial charge in [0.2, 0.25) is 0 Å². The van der Waals surface area contributed by atoms with Gasteiger partial charge in [0, 0.05) is 17.3 Å². The van der Waals surface area contributed by atoms with Crippen molar-refractivity contribution >= 4 is 33.2 Å². The lowest BCUT2D eigenvalue weighted by molar-refractivity contribution is 0.618. The zero-order valence-corrected chi connectivity index (χ0v) is 12.1. The van der Waals surface area contributed by atoms with Crippen molar-refractivity contribution < 1.29 is 4.39 Å². The second kappa shape index (κ2) is 5.72. The molecule has 0 amide bonds. The number of halogens is 3. The number of rotatable bonds is 3. The normalized spacial score (nSPS) is 10.4. The second-order valence-electron chi connectivity index (χ2n) is 3.98. The van der Waals surface area contributed by atoms with E-state index < -0.39 is 0 Å². The van der Waals surface area contributed by atoms with Crippen molar-refractivity contribution in [1.29, 1.82) is 0 Å². The van der Waals surface area contributed by atoms with Crippen LogP contribution >= 0.6 is 27.5 Å². The van der Waals surface area contributed by atoms with Crippen LogP contribution in [0.3, 0.4) is 0 Å². The maximum absolute atomic E-state index is 13.4. The molecule has 0 heterocycles. The lowest BCUT2D eigenvalue weighted by Gasteiger charge is -2.11. The Morgan fingerprint density at radius 1 is 1.22 bits per heavy atom. The zero-order valence-electron chi connectivity index (χ0n) is 9.81. The van der Waals surface area contributed by atoms with Gasteiger partial charge in [0.1, 0.15) is 5.82 Å². The van der Waals surface area contributed by atoms with Crippen molar-refractivity contribution in [3.8, 4) is 0 Å². The Morgan fingerprint density at radius 3 is 2.72 bits per heavy atom. The molecule has 0 spiro atoms. The third kappa shape index (κ3) is 2.85. The summed E-state index contributed by atoms with van der Waals surface area (Å²) in [5.41, 5.74) is 2.82. The van der Waals surface area contributed by atoms with Crippen LogP contribution in [0.15, 0.2) is 40.9 Å². The van der Waals surface area contributed by atoms with E-state index in [1.54, 1.807) is 6.07 Å². The van der Waals surface area contributed by atoms with Gasteiger partial charge >= 0.3 is 0 Å². The molecule has 0 aliphatic rings. The zero-order chi connectivity index (χ0) is 13.1. The highest BCUT2D eigenvalue weighted by atomic mass is 79.9. The fraction of sp³-hybridized carbons (Fsp3) is 0.143. The van der Waals surface area contributed by atoms with Gasteiger partial charge in [-0.1, -0.05) is 29.8 Å². The van der Waals surface area contributed by atoms with E-state index in [2.05, 4.69) is 21.2 Å². The highest BCUT2D eigenvalue weighted by Gasteiger charge is 2.06. The van der Waals surface area contributed by atoms with Crippen molar-refractivity contribution in [2.24, 2.45) is 0 Å². The topological polar surface area (TPSA) is 12.0 Å². The van der Waals surface area contributed by atoms with Gasteiger partial charge in [-0.25, -0.2) is 4.39 Å². The summed E-state index contributed by atoms with van der Waals surface area (Å²) in [6.07, 6.45) is 0. The van der Waals surface area contributed by atoms with Crippen molar-refractivity contribution in [2.45, 2.75) is 13.5 Å². The fourth-order valence-corrected chi connectivity index (χ4v) is 2.25. The van der Waals surface area contributed by atoms with Gasteiger partial charge in [0.05, 0.1) is 4.47 Å². The molecule has 0 atom stereocenters. The summed E-state index contributed by atoms with van der Waals surface area (Å²) in [5, 5.41) is 3.98. The van der Waals surface area contributed by atoms with Crippen LogP contribution in [0.2, 0.25) is 5.02 Å². The van der Waals surface area contributed by atoms with Gasteiger partial charge in [-0.05, 0) is 52.2 Å². The van der Waals surface area contributed by atoms with Crippen molar-refractivity contribution in [3.63, 3.8) is 0 Å². The quantitative estimate of drug-likeness (QED) is 0.820. The van der Waals surface area contributed by atoms with E-state index in [1.165, 1.54) is 6.07 Å². The highest BCUT2D eigenvalue weighted by molar-refractivity contribution is 9.10. The van der Waals surface area contributed by atoms with Crippen molar-refractivity contribution in [3.05, 3.63) is 62.8 Å². The fourth-order valence-electron chi connectivity index (χ4n) is 1.67. The molecule has 94 valence electrons. The maximum atomic E-state index is 13.4. The van der Waals surface area contributed by atoms with E-state index >= 15 is 0 Å². The van der Waals surface area contributed by atoms with E-state index in [1.807, 2.05) is 31.2 Å². The Bertz CT molecular complexity index is 520. The largest absolute Gasteiger partial charge is 0.381 e. The van der Waals surface area contributed by atoms with Gasteiger partial charge < -0.3 is 5.32 Å². The molecule has 18 heavy (non-hydrogen) atoms. The van der Waals surface area contributed by atoms with E-state index in [9.17, 15) is 4.39 Å². The van der Waals surface area contributed by atoms with E-state index in [-0.39, 0.29) is 5.82 Å². The summed E-state index contributed by atoms with van der Waals surface area (Å²) in [7, 11) is 0. The lowest BCUT2D eigenvalue weighted by Crippen LogP contribution is -2.02. The first-order chi connectivity index (χ1) is 8.59. The first kappa shape index (κ1) is 13.4. The van der Waals surface area contributed by atoms with Crippen molar-refractivity contribution in [1.82, 2.24) is 0 Å². The first-order valence-corrected chi connectivity index (χ1v) is 6.68. The number of hydrogen-bond acceptors (Lipinski definition) is 1. The number of anilines is 1. The Hall–Kier alpha value is -1.06. The molecule has 2 aromatic rings. The molecule has 2 aromatic carbocycles. The summed E-state index contributed by atoms with van der Waals surface area (Å²) >= 11 is 9.29. The number of nitrogens with one attached hydrogen (secondary N) is 1. The molecule has 1 nitrogen and oxygen atoms in total. The Kier molecular flexibility index (Phi) is 4.25. The minimum atomic E-state index is -0.253. The van der Waals surface area contributed by atoms with Crippen molar-refractivity contribution in [2.75, 3.05) is 5.32 Å². The summed E-state index contributed by atoms with van der Waals surface area (Å²) in [5.74, 6) is -0.253. The van der Waals surface area contributed by atoms with E-state index in [0.717, 1.165) is 21.8 Å². The second-order valence-corrected chi connectivity index (χ2v) is 5.18. The Balaban J connectivity index is 2.17.